The highest BCUT2D eigenvalue weighted by atomic mass is 16.4. The maximum absolute atomic E-state index is 13.2. The summed E-state index contributed by atoms with van der Waals surface area (Å²) in [4.78, 5) is 72.7. The maximum atomic E-state index is 13.2. The molecular formula is C25H35N9O7. The van der Waals surface area contributed by atoms with E-state index < -0.39 is 60.2 Å². The van der Waals surface area contributed by atoms with Crippen LogP contribution in [0.5, 0.6) is 0 Å². The second-order valence-electron chi connectivity index (χ2n) is 9.15. The molecular weight excluding hydrogens is 538 g/mol. The van der Waals surface area contributed by atoms with Gasteiger partial charge in [-0.3, -0.25) is 24.2 Å². The lowest BCUT2D eigenvalue weighted by atomic mass is 10.0. The van der Waals surface area contributed by atoms with Crippen LogP contribution in [0.25, 0.3) is 0 Å². The molecule has 16 nitrogen and oxygen atoms in total. The number of H-pyrrole nitrogens is 1. The van der Waals surface area contributed by atoms with E-state index in [4.69, 9.17) is 17.2 Å². The fraction of sp³-hybridized carbons (Fsp3) is 0.400. The first-order chi connectivity index (χ1) is 19.5. The summed E-state index contributed by atoms with van der Waals surface area (Å²) < 4.78 is 0. The van der Waals surface area contributed by atoms with E-state index in [-0.39, 0.29) is 31.8 Å². The van der Waals surface area contributed by atoms with Crippen molar-refractivity contribution in [1.82, 2.24) is 25.9 Å². The topological polar surface area (TPSA) is 281 Å². The summed E-state index contributed by atoms with van der Waals surface area (Å²) in [5, 5.41) is 26.1. The zero-order chi connectivity index (χ0) is 30.4. The highest BCUT2D eigenvalue weighted by Gasteiger charge is 2.31. The first-order valence-corrected chi connectivity index (χ1v) is 12.6. The van der Waals surface area contributed by atoms with Crippen molar-refractivity contribution < 1.29 is 34.2 Å². The van der Waals surface area contributed by atoms with Gasteiger partial charge < -0.3 is 48.3 Å². The molecule has 0 saturated heterocycles. The maximum Gasteiger partial charge on any atom is 0.326 e. The highest BCUT2D eigenvalue weighted by molar-refractivity contribution is 5.95. The van der Waals surface area contributed by atoms with Gasteiger partial charge in [0, 0.05) is 31.3 Å². The number of carbonyl (C=O) groups excluding carboxylic acids is 3. The number of nitrogens with one attached hydrogen (secondary N) is 4. The second-order valence-corrected chi connectivity index (χ2v) is 9.15. The van der Waals surface area contributed by atoms with Crippen LogP contribution in [0.2, 0.25) is 0 Å². The minimum absolute atomic E-state index is 0.0488. The van der Waals surface area contributed by atoms with Crippen molar-refractivity contribution in [2.24, 2.45) is 22.2 Å². The van der Waals surface area contributed by atoms with Gasteiger partial charge in [-0.05, 0) is 18.4 Å². The largest absolute Gasteiger partial charge is 0.481 e. The van der Waals surface area contributed by atoms with Crippen molar-refractivity contribution in [3.63, 3.8) is 0 Å². The van der Waals surface area contributed by atoms with E-state index in [1.54, 1.807) is 30.3 Å². The number of carboxylic acids is 2. The van der Waals surface area contributed by atoms with Crippen LogP contribution in [0.15, 0.2) is 47.8 Å². The van der Waals surface area contributed by atoms with Crippen molar-refractivity contribution in [2.45, 2.75) is 56.3 Å². The summed E-state index contributed by atoms with van der Waals surface area (Å²) >= 11 is 0. The quantitative estimate of drug-likeness (QED) is 0.0545. The Hall–Kier alpha value is -4.99. The number of aromatic amines is 1. The van der Waals surface area contributed by atoms with Gasteiger partial charge in [0.05, 0.1) is 18.8 Å². The van der Waals surface area contributed by atoms with Crippen LogP contribution >= 0.6 is 0 Å². The molecule has 4 unspecified atom stereocenters. The Morgan fingerprint density at radius 3 is 2.12 bits per heavy atom. The number of imidazole rings is 1. The predicted molar refractivity (Wildman–Crippen MR) is 146 cm³/mol. The average molecular weight is 574 g/mol. The van der Waals surface area contributed by atoms with E-state index in [0.29, 0.717) is 17.7 Å². The molecule has 0 saturated carbocycles. The molecule has 12 N–H and O–H groups in total. The predicted octanol–water partition coefficient (Wildman–Crippen LogP) is -2.41. The fourth-order valence-electron chi connectivity index (χ4n) is 3.73. The SMILES string of the molecule is NC(N)=NCCCC(N)C(=O)NC(CC(=O)O)C(=O)NC(Cc1ccccc1)C(=O)NC(Cc1cnc[nH]1)C(=O)O. The van der Waals surface area contributed by atoms with Gasteiger partial charge in [0.15, 0.2) is 5.96 Å². The van der Waals surface area contributed by atoms with Gasteiger partial charge in [0.2, 0.25) is 17.7 Å². The summed E-state index contributed by atoms with van der Waals surface area (Å²) in [5.41, 5.74) is 17.5. The van der Waals surface area contributed by atoms with Gasteiger partial charge in [-0.25, -0.2) is 9.78 Å². The number of nitrogens with two attached hydrogens (primary N) is 3. The Bertz CT molecular complexity index is 1200. The molecule has 0 aliphatic carbocycles. The highest BCUT2D eigenvalue weighted by Crippen LogP contribution is 2.07. The molecule has 1 aromatic heterocycles. The number of rotatable bonds is 17. The number of amides is 3. The number of aromatic nitrogens is 2. The van der Waals surface area contributed by atoms with Crippen LogP contribution in [-0.4, -0.2) is 86.5 Å². The van der Waals surface area contributed by atoms with Crippen LogP contribution in [0.1, 0.15) is 30.5 Å². The Morgan fingerprint density at radius 2 is 1.54 bits per heavy atom. The first kappa shape index (κ1) is 32.2. The number of hydrogen-bond donors (Lipinski definition) is 9. The lowest BCUT2D eigenvalue weighted by Crippen LogP contribution is -2.58. The minimum Gasteiger partial charge on any atom is -0.481 e. The third-order valence-electron chi connectivity index (χ3n) is 5.83. The van der Waals surface area contributed by atoms with E-state index in [1.807, 2.05) is 0 Å². The van der Waals surface area contributed by atoms with Crippen LogP contribution in [0, 0.1) is 0 Å². The third-order valence-corrected chi connectivity index (χ3v) is 5.83. The normalized spacial score (nSPS) is 13.6. The van der Waals surface area contributed by atoms with Gasteiger partial charge in [0.25, 0.3) is 0 Å². The van der Waals surface area contributed by atoms with E-state index in [2.05, 4.69) is 30.9 Å². The number of nitrogens with zero attached hydrogens (tertiary/aromatic N) is 2. The number of aliphatic imine (C=N–C) groups is 1. The van der Waals surface area contributed by atoms with E-state index in [9.17, 15) is 34.2 Å². The number of hydrogen-bond acceptors (Lipinski definition) is 8. The molecule has 1 aromatic carbocycles. The molecule has 4 atom stereocenters. The van der Waals surface area contributed by atoms with Crippen molar-refractivity contribution in [3.05, 3.63) is 54.1 Å². The molecule has 0 fully saturated rings. The molecule has 1 heterocycles. The summed E-state index contributed by atoms with van der Waals surface area (Å²) in [6, 6.07) is 3.25. The Labute approximate surface area is 235 Å². The summed E-state index contributed by atoms with van der Waals surface area (Å²) in [5.74, 6) is -5.41. The Kier molecular flexibility index (Phi) is 12.7. The van der Waals surface area contributed by atoms with Crippen LogP contribution < -0.4 is 33.2 Å². The standard InChI is InChI=1S/C25H35N9O7/c26-16(7-4-8-30-25(27)28)21(37)32-18(11-20(35)36)23(39)33-17(9-14-5-2-1-3-6-14)22(38)34-19(24(40)41)10-15-12-29-13-31-15/h1-3,5-6,12-13,16-19H,4,7-11,26H2,(H,29,31)(H,32,37)(H,33,39)(H,34,38)(H,35,36)(H,40,41)(H4,27,28,30). The van der Waals surface area contributed by atoms with E-state index >= 15 is 0 Å². The lowest BCUT2D eigenvalue weighted by Gasteiger charge is -2.25. The molecule has 2 rings (SSSR count). The molecule has 222 valence electrons. The minimum atomic E-state index is -1.57. The van der Waals surface area contributed by atoms with Crippen LogP contribution in [0.4, 0.5) is 0 Å². The van der Waals surface area contributed by atoms with Crippen molar-refractivity contribution in [3.8, 4) is 0 Å². The molecule has 0 aliphatic heterocycles. The molecule has 0 spiro atoms. The summed E-state index contributed by atoms with van der Waals surface area (Å²) in [6.45, 7) is 0.219. The second kappa shape index (κ2) is 16.2. The number of guanidine groups is 1. The van der Waals surface area contributed by atoms with E-state index in [0.717, 1.165) is 0 Å². The van der Waals surface area contributed by atoms with Gasteiger partial charge in [-0.15, -0.1) is 0 Å². The molecule has 41 heavy (non-hydrogen) atoms. The Morgan fingerprint density at radius 1 is 0.902 bits per heavy atom. The van der Waals surface area contributed by atoms with Crippen molar-refractivity contribution >= 4 is 35.6 Å². The molecule has 0 radical (unpaired) electrons. The number of aliphatic carboxylic acids is 2. The van der Waals surface area contributed by atoms with Crippen LogP contribution in [0.3, 0.4) is 0 Å². The molecule has 0 aliphatic rings. The summed E-state index contributed by atoms with van der Waals surface area (Å²) in [7, 11) is 0. The zero-order valence-electron chi connectivity index (χ0n) is 22.2. The lowest BCUT2D eigenvalue weighted by molar-refractivity contribution is -0.143. The first-order valence-electron chi connectivity index (χ1n) is 12.6. The third kappa shape index (κ3) is 11.7. The molecule has 16 heteroatoms. The summed E-state index contributed by atoms with van der Waals surface area (Å²) in [6.07, 6.45) is 2.33. The molecule has 3 amide bonds. The van der Waals surface area contributed by atoms with Crippen molar-refractivity contribution in [1.29, 1.82) is 0 Å². The van der Waals surface area contributed by atoms with E-state index in [1.165, 1.54) is 12.5 Å². The smallest absolute Gasteiger partial charge is 0.326 e. The molecule has 2 aromatic rings. The number of carboxylic acid groups (broad SMARTS) is 2. The van der Waals surface area contributed by atoms with Crippen LogP contribution in [-0.2, 0) is 36.8 Å². The number of benzene rings is 1. The number of carbonyl (C=O) groups is 5. The molecule has 0 bridgehead atoms. The monoisotopic (exact) mass is 573 g/mol. The van der Waals surface area contributed by atoms with Gasteiger partial charge in [0.1, 0.15) is 18.1 Å². The Balaban J connectivity index is 2.17. The van der Waals surface area contributed by atoms with Gasteiger partial charge >= 0.3 is 11.9 Å². The fourth-order valence-corrected chi connectivity index (χ4v) is 3.73. The van der Waals surface area contributed by atoms with Gasteiger partial charge in [-0.1, -0.05) is 30.3 Å². The average Bonchev–Trinajstić information content (AvgIpc) is 3.43. The van der Waals surface area contributed by atoms with Gasteiger partial charge in [-0.2, -0.15) is 0 Å². The zero-order valence-corrected chi connectivity index (χ0v) is 22.2. The van der Waals surface area contributed by atoms with Crippen molar-refractivity contribution in [2.75, 3.05) is 6.54 Å².